The van der Waals surface area contributed by atoms with Gasteiger partial charge in [0, 0.05) is 18.8 Å². The molecule has 1 heterocycles. The summed E-state index contributed by atoms with van der Waals surface area (Å²) in [6, 6.07) is 6.73. The van der Waals surface area contributed by atoms with E-state index in [0.29, 0.717) is 30.8 Å². The SMILES string of the molecule is C=CCCN(CC(=C)/C=C(\C=C)N1CCOC1=O)S(=O)(=O)c1ccc(C)cc1. The van der Waals surface area contributed by atoms with Crippen molar-refractivity contribution in [2.75, 3.05) is 26.2 Å². The highest BCUT2D eigenvalue weighted by atomic mass is 32.2. The van der Waals surface area contributed by atoms with E-state index in [9.17, 15) is 13.2 Å². The number of allylic oxidation sites excluding steroid dienone is 1. The van der Waals surface area contributed by atoms with E-state index in [1.54, 1.807) is 36.4 Å². The number of rotatable bonds is 10. The molecule has 0 unspecified atom stereocenters. The van der Waals surface area contributed by atoms with Crippen molar-refractivity contribution in [2.24, 2.45) is 0 Å². The molecular formula is C21H26N2O4S. The van der Waals surface area contributed by atoms with Crippen molar-refractivity contribution in [1.29, 1.82) is 0 Å². The second-order valence-corrected chi connectivity index (χ2v) is 8.36. The first kappa shape index (κ1) is 21.7. The number of hydrogen-bond donors (Lipinski definition) is 0. The molecule has 0 bridgehead atoms. The average Bonchev–Trinajstić information content (AvgIpc) is 3.09. The fraction of sp³-hybridized carbons (Fsp3) is 0.286. The van der Waals surface area contributed by atoms with Gasteiger partial charge in [0.25, 0.3) is 0 Å². The van der Waals surface area contributed by atoms with Crippen LogP contribution in [0.2, 0.25) is 0 Å². The van der Waals surface area contributed by atoms with Gasteiger partial charge in [-0.2, -0.15) is 4.31 Å². The van der Waals surface area contributed by atoms with E-state index in [-0.39, 0.29) is 18.0 Å². The van der Waals surface area contributed by atoms with Gasteiger partial charge < -0.3 is 4.74 Å². The molecule has 0 spiro atoms. The number of aryl methyl sites for hydroxylation is 1. The van der Waals surface area contributed by atoms with Gasteiger partial charge in [0.1, 0.15) is 6.61 Å². The van der Waals surface area contributed by atoms with E-state index >= 15 is 0 Å². The fourth-order valence-corrected chi connectivity index (χ4v) is 4.19. The third kappa shape index (κ3) is 5.21. The van der Waals surface area contributed by atoms with Crippen LogP contribution in [0.1, 0.15) is 12.0 Å². The van der Waals surface area contributed by atoms with Crippen LogP contribution >= 0.6 is 0 Å². The minimum absolute atomic E-state index is 0.0876. The number of hydrogen-bond acceptors (Lipinski definition) is 4. The Morgan fingerprint density at radius 3 is 2.50 bits per heavy atom. The van der Waals surface area contributed by atoms with Crippen molar-refractivity contribution in [2.45, 2.75) is 18.2 Å². The summed E-state index contributed by atoms with van der Waals surface area (Å²) in [7, 11) is -3.69. The smallest absolute Gasteiger partial charge is 0.414 e. The van der Waals surface area contributed by atoms with Crippen molar-refractivity contribution >= 4 is 16.1 Å². The Hall–Kier alpha value is -2.64. The van der Waals surface area contributed by atoms with Gasteiger partial charge >= 0.3 is 6.09 Å². The summed E-state index contributed by atoms with van der Waals surface area (Å²) in [6.07, 6.45) is 4.92. The van der Waals surface area contributed by atoms with Crippen LogP contribution < -0.4 is 0 Å². The first-order chi connectivity index (χ1) is 13.3. The van der Waals surface area contributed by atoms with Crippen LogP contribution in [0.4, 0.5) is 4.79 Å². The molecule has 1 aromatic carbocycles. The van der Waals surface area contributed by atoms with Gasteiger partial charge in [-0.1, -0.05) is 36.9 Å². The van der Waals surface area contributed by atoms with Gasteiger partial charge in [-0.15, -0.1) is 6.58 Å². The van der Waals surface area contributed by atoms with Gasteiger partial charge in [0.2, 0.25) is 10.0 Å². The molecule has 0 N–H and O–H groups in total. The predicted molar refractivity (Wildman–Crippen MR) is 110 cm³/mol. The van der Waals surface area contributed by atoms with Gasteiger partial charge in [-0.25, -0.2) is 13.2 Å². The lowest BCUT2D eigenvalue weighted by atomic mass is 10.2. The maximum absolute atomic E-state index is 13.1. The Kier molecular flexibility index (Phi) is 7.37. The van der Waals surface area contributed by atoms with Crippen molar-refractivity contribution in [3.63, 3.8) is 0 Å². The quantitative estimate of drug-likeness (QED) is 0.443. The number of cyclic esters (lactones) is 1. The molecule has 28 heavy (non-hydrogen) atoms. The normalized spacial score (nSPS) is 14.9. The summed E-state index contributed by atoms with van der Waals surface area (Å²) in [5.41, 5.74) is 2.05. The van der Waals surface area contributed by atoms with Crippen LogP contribution in [0.15, 0.2) is 78.4 Å². The van der Waals surface area contributed by atoms with E-state index in [2.05, 4.69) is 19.7 Å². The van der Waals surface area contributed by atoms with Crippen LogP contribution in [0.5, 0.6) is 0 Å². The van der Waals surface area contributed by atoms with Crippen molar-refractivity contribution in [1.82, 2.24) is 9.21 Å². The second-order valence-electron chi connectivity index (χ2n) is 6.43. The molecule has 1 aliphatic rings. The Bertz CT molecular complexity index is 885. The molecule has 1 fully saturated rings. The number of carbonyl (C=O) groups excluding carboxylic acids is 1. The zero-order chi connectivity index (χ0) is 20.7. The molecule has 0 saturated carbocycles. The van der Waals surface area contributed by atoms with Gasteiger partial charge in [-0.3, -0.25) is 4.90 Å². The summed E-state index contributed by atoms with van der Waals surface area (Å²) >= 11 is 0. The van der Waals surface area contributed by atoms with Crippen LogP contribution in [-0.4, -0.2) is 50.0 Å². The summed E-state index contributed by atoms with van der Waals surface area (Å²) < 4.78 is 32.4. The third-order valence-corrected chi connectivity index (χ3v) is 6.11. The molecule has 2 rings (SSSR count). The van der Waals surface area contributed by atoms with E-state index in [1.807, 2.05) is 6.92 Å². The first-order valence-corrected chi connectivity index (χ1v) is 10.4. The minimum atomic E-state index is -3.69. The maximum atomic E-state index is 13.1. The third-order valence-electron chi connectivity index (χ3n) is 4.25. The molecule has 1 aromatic rings. The molecule has 150 valence electrons. The Morgan fingerprint density at radius 2 is 1.96 bits per heavy atom. The number of sulfonamides is 1. The topological polar surface area (TPSA) is 66.9 Å². The summed E-state index contributed by atoms with van der Waals surface area (Å²) in [4.78, 5) is 13.4. The maximum Gasteiger partial charge on any atom is 0.414 e. The number of ether oxygens (including phenoxy) is 1. The summed E-state index contributed by atoms with van der Waals surface area (Å²) in [5, 5.41) is 0. The lowest BCUT2D eigenvalue weighted by molar-refractivity contribution is 0.165. The molecule has 0 atom stereocenters. The zero-order valence-corrected chi connectivity index (χ0v) is 17.0. The molecule has 0 aromatic heterocycles. The lowest BCUT2D eigenvalue weighted by Crippen LogP contribution is -2.33. The highest BCUT2D eigenvalue weighted by Crippen LogP contribution is 2.20. The van der Waals surface area contributed by atoms with E-state index in [4.69, 9.17) is 4.74 Å². The first-order valence-electron chi connectivity index (χ1n) is 8.93. The van der Waals surface area contributed by atoms with Gasteiger partial charge in [0.05, 0.1) is 11.4 Å². The van der Waals surface area contributed by atoms with Crippen LogP contribution in [0.3, 0.4) is 0 Å². The molecule has 0 radical (unpaired) electrons. The Balaban J connectivity index is 2.25. The number of benzene rings is 1. The molecule has 6 nitrogen and oxygen atoms in total. The molecule has 1 saturated heterocycles. The fourth-order valence-electron chi connectivity index (χ4n) is 2.74. The average molecular weight is 403 g/mol. The number of nitrogens with zero attached hydrogens (tertiary/aromatic N) is 2. The Morgan fingerprint density at radius 1 is 1.29 bits per heavy atom. The van der Waals surface area contributed by atoms with E-state index in [0.717, 1.165) is 5.56 Å². The second kappa shape index (κ2) is 9.52. The molecule has 1 amide bonds. The van der Waals surface area contributed by atoms with Gasteiger partial charge in [-0.05, 0) is 43.2 Å². The van der Waals surface area contributed by atoms with Gasteiger partial charge in [0.15, 0.2) is 0 Å². The summed E-state index contributed by atoms with van der Waals surface area (Å²) in [6.45, 7) is 14.4. The molecular weight excluding hydrogens is 376 g/mol. The van der Waals surface area contributed by atoms with Crippen LogP contribution in [0.25, 0.3) is 0 Å². The van der Waals surface area contributed by atoms with Crippen molar-refractivity contribution < 1.29 is 17.9 Å². The van der Waals surface area contributed by atoms with E-state index < -0.39 is 16.1 Å². The minimum Gasteiger partial charge on any atom is -0.447 e. The van der Waals surface area contributed by atoms with Crippen LogP contribution in [-0.2, 0) is 14.8 Å². The number of amides is 1. The summed E-state index contributed by atoms with van der Waals surface area (Å²) in [5.74, 6) is 0. The molecule has 1 aliphatic heterocycles. The molecule has 0 aliphatic carbocycles. The zero-order valence-electron chi connectivity index (χ0n) is 16.1. The molecule has 7 heteroatoms. The standard InChI is InChI=1S/C21H26N2O4S/c1-5-7-12-22(28(25,26)20-10-8-17(3)9-11-20)16-18(4)15-19(6-2)23-13-14-27-21(23)24/h5-6,8-11,15H,1-2,4,7,12-14,16H2,3H3/b19-15+. The van der Waals surface area contributed by atoms with Crippen LogP contribution in [0, 0.1) is 6.92 Å². The highest BCUT2D eigenvalue weighted by molar-refractivity contribution is 7.89. The van der Waals surface area contributed by atoms with Crippen molar-refractivity contribution in [3.05, 3.63) is 79.1 Å². The Labute approximate surface area is 167 Å². The largest absolute Gasteiger partial charge is 0.447 e. The number of carbonyl (C=O) groups is 1. The lowest BCUT2D eigenvalue weighted by Gasteiger charge is -2.23. The predicted octanol–water partition coefficient (Wildman–Crippen LogP) is 3.64. The monoisotopic (exact) mass is 402 g/mol. The van der Waals surface area contributed by atoms with Crippen molar-refractivity contribution in [3.8, 4) is 0 Å². The van der Waals surface area contributed by atoms with E-state index in [1.165, 1.54) is 15.3 Å². The highest BCUT2D eigenvalue weighted by Gasteiger charge is 2.26.